The maximum atomic E-state index is 8.56. The molecule has 0 aliphatic rings. The van der Waals surface area contributed by atoms with E-state index in [0.29, 0.717) is 19.1 Å². The van der Waals surface area contributed by atoms with E-state index in [9.17, 15) is 0 Å². The molecule has 1 rings (SSSR count). The van der Waals surface area contributed by atoms with Crippen molar-refractivity contribution in [2.24, 2.45) is 0 Å². The largest absolute Gasteiger partial charge is 0.480 e. The first-order valence-electron chi connectivity index (χ1n) is 6.29. The van der Waals surface area contributed by atoms with Gasteiger partial charge in [0.25, 0.3) is 0 Å². The average molecular weight is 289 g/mol. The fourth-order valence-corrected chi connectivity index (χ4v) is 2.38. The lowest BCUT2D eigenvalue weighted by atomic mass is 10.4. The zero-order valence-corrected chi connectivity index (χ0v) is 12.6. The van der Waals surface area contributed by atoms with Gasteiger partial charge in [-0.1, -0.05) is 11.3 Å². The van der Waals surface area contributed by atoms with Crippen LogP contribution in [0.15, 0.2) is 0 Å². The van der Waals surface area contributed by atoms with Crippen molar-refractivity contribution < 1.29 is 14.6 Å². The van der Waals surface area contributed by atoms with E-state index in [0.717, 1.165) is 29.5 Å². The molecule has 0 amide bonds. The molecule has 1 aromatic rings. The fraction of sp³-hybridized carbons (Fsp3) is 0.750. The second-order valence-electron chi connectivity index (χ2n) is 4.19. The van der Waals surface area contributed by atoms with Crippen LogP contribution >= 0.6 is 11.3 Å². The quantitative estimate of drug-likeness (QED) is 0.618. The zero-order valence-electron chi connectivity index (χ0n) is 11.8. The smallest absolute Gasteiger partial charge is 0.230 e. The van der Waals surface area contributed by atoms with Crippen LogP contribution in [0.3, 0.4) is 0 Å². The molecule has 7 heteroatoms. The molecule has 0 unspecified atom stereocenters. The third-order valence-electron chi connectivity index (χ3n) is 2.39. The number of hydrogen-bond donors (Lipinski definition) is 2. The molecule has 0 saturated heterocycles. The number of anilines is 1. The predicted molar refractivity (Wildman–Crippen MR) is 77.2 cm³/mol. The van der Waals surface area contributed by atoms with E-state index < -0.39 is 0 Å². The highest BCUT2D eigenvalue weighted by atomic mass is 32.1. The summed E-state index contributed by atoms with van der Waals surface area (Å²) in [5.74, 6) is 0.692. The van der Waals surface area contributed by atoms with Gasteiger partial charge < -0.3 is 24.8 Å². The first kappa shape index (κ1) is 16.2. The SMILES string of the molecule is COc1nc(N(C)C)sc1CNCCCOCCO. The fourth-order valence-electron chi connectivity index (χ4n) is 1.46. The molecular weight excluding hydrogens is 266 g/mol. The van der Waals surface area contributed by atoms with E-state index >= 15 is 0 Å². The highest BCUT2D eigenvalue weighted by Gasteiger charge is 2.12. The molecule has 0 aromatic carbocycles. The molecule has 0 atom stereocenters. The van der Waals surface area contributed by atoms with Crippen LogP contribution in [0.2, 0.25) is 0 Å². The topological polar surface area (TPSA) is 66.9 Å². The van der Waals surface area contributed by atoms with Crippen molar-refractivity contribution in [3.05, 3.63) is 4.88 Å². The van der Waals surface area contributed by atoms with E-state index in [1.807, 2.05) is 19.0 Å². The Kier molecular flexibility index (Phi) is 7.73. The van der Waals surface area contributed by atoms with E-state index in [1.165, 1.54) is 0 Å². The minimum absolute atomic E-state index is 0.0821. The summed E-state index contributed by atoms with van der Waals surface area (Å²) in [5, 5.41) is 12.8. The number of aliphatic hydroxyl groups excluding tert-OH is 1. The van der Waals surface area contributed by atoms with Crippen molar-refractivity contribution >= 4 is 16.5 Å². The summed E-state index contributed by atoms with van der Waals surface area (Å²) in [6.45, 7) is 2.77. The molecule has 0 spiro atoms. The minimum Gasteiger partial charge on any atom is -0.480 e. The van der Waals surface area contributed by atoms with Crippen molar-refractivity contribution in [3.63, 3.8) is 0 Å². The summed E-state index contributed by atoms with van der Waals surface area (Å²) in [7, 11) is 5.57. The molecule has 6 nitrogen and oxygen atoms in total. The predicted octanol–water partition coefficient (Wildman–Crippen LogP) is 0.706. The van der Waals surface area contributed by atoms with Gasteiger partial charge in [0.2, 0.25) is 5.88 Å². The van der Waals surface area contributed by atoms with Gasteiger partial charge in [-0.15, -0.1) is 0 Å². The number of ether oxygens (including phenoxy) is 2. The number of hydrogen-bond acceptors (Lipinski definition) is 7. The lowest BCUT2D eigenvalue weighted by Crippen LogP contribution is -2.16. The molecule has 1 heterocycles. The lowest BCUT2D eigenvalue weighted by Gasteiger charge is -2.05. The van der Waals surface area contributed by atoms with Crippen LogP contribution in [0.5, 0.6) is 5.88 Å². The van der Waals surface area contributed by atoms with Gasteiger partial charge in [-0.05, 0) is 13.0 Å². The van der Waals surface area contributed by atoms with Crippen molar-refractivity contribution in [1.82, 2.24) is 10.3 Å². The van der Waals surface area contributed by atoms with E-state index in [-0.39, 0.29) is 6.61 Å². The molecule has 2 N–H and O–H groups in total. The zero-order chi connectivity index (χ0) is 14.1. The number of methoxy groups -OCH3 is 1. The molecule has 1 aromatic heterocycles. The summed E-state index contributed by atoms with van der Waals surface area (Å²) in [6.07, 6.45) is 0.918. The standard InChI is InChI=1S/C12H23N3O3S/c1-15(2)12-14-11(17-3)10(19-12)9-13-5-4-7-18-8-6-16/h13,16H,4-9H2,1-3H3. The Balaban J connectivity index is 2.28. The third kappa shape index (κ3) is 5.73. The van der Waals surface area contributed by atoms with Gasteiger partial charge in [0, 0.05) is 27.2 Å². The lowest BCUT2D eigenvalue weighted by molar-refractivity contribution is 0.0907. The van der Waals surface area contributed by atoms with Gasteiger partial charge >= 0.3 is 0 Å². The van der Waals surface area contributed by atoms with Crippen LogP contribution < -0.4 is 15.0 Å². The Morgan fingerprint density at radius 3 is 2.79 bits per heavy atom. The van der Waals surface area contributed by atoms with Crippen molar-refractivity contribution in [2.75, 3.05) is 52.5 Å². The van der Waals surface area contributed by atoms with Crippen LogP contribution in [0, 0.1) is 0 Å². The molecule has 110 valence electrons. The van der Waals surface area contributed by atoms with Crippen LogP contribution in [-0.2, 0) is 11.3 Å². The van der Waals surface area contributed by atoms with Crippen LogP contribution in [0.4, 0.5) is 5.13 Å². The van der Waals surface area contributed by atoms with Crippen molar-refractivity contribution in [1.29, 1.82) is 0 Å². The number of nitrogens with one attached hydrogen (secondary N) is 1. The summed E-state index contributed by atoms with van der Waals surface area (Å²) < 4.78 is 10.5. The van der Waals surface area contributed by atoms with Gasteiger partial charge in [-0.25, -0.2) is 0 Å². The summed E-state index contributed by atoms with van der Waals surface area (Å²) in [6, 6.07) is 0. The average Bonchev–Trinajstić information content (AvgIpc) is 2.81. The second-order valence-corrected chi connectivity index (χ2v) is 5.25. The molecular formula is C12H23N3O3S. The maximum absolute atomic E-state index is 8.56. The number of aliphatic hydroxyl groups is 1. The molecule has 0 aliphatic carbocycles. The molecule has 0 fully saturated rings. The first-order valence-corrected chi connectivity index (χ1v) is 7.11. The number of nitrogens with zero attached hydrogens (tertiary/aromatic N) is 2. The Morgan fingerprint density at radius 1 is 1.37 bits per heavy atom. The van der Waals surface area contributed by atoms with E-state index in [2.05, 4.69) is 10.3 Å². The summed E-state index contributed by atoms with van der Waals surface area (Å²) in [5.41, 5.74) is 0. The second kappa shape index (κ2) is 9.08. The summed E-state index contributed by atoms with van der Waals surface area (Å²) >= 11 is 1.63. The number of thiazole rings is 1. The molecule has 0 saturated carbocycles. The van der Waals surface area contributed by atoms with Crippen molar-refractivity contribution in [2.45, 2.75) is 13.0 Å². The van der Waals surface area contributed by atoms with E-state index in [4.69, 9.17) is 14.6 Å². The monoisotopic (exact) mass is 289 g/mol. The van der Waals surface area contributed by atoms with Crippen molar-refractivity contribution in [3.8, 4) is 5.88 Å². The van der Waals surface area contributed by atoms with Gasteiger partial charge in [-0.2, -0.15) is 4.98 Å². The minimum atomic E-state index is 0.0821. The Morgan fingerprint density at radius 2 is 2.16 bits per heavy atom. The number of rotatable bonds is 10. The summed E-state index contributed by atoms with van der Waals surface area (Å²) in [4.78, 5) is 7.47. The van der Waals surface area contributed by atoms with Gasteiger partial charge in [-0.3, -0.25) is 0 Å². The van der Waals surface area contributed by atoms with Crippen LogP contribution in [-0.4, -0.2) is 57.7 Å². The molecule has 0 aliphatic heterocycles. The van der Waals surface area contributed by atoms with Gasteiger partial charge in [0.05, 0.1) is 25.2 Å². The Hall–Kier alpha value is -0.890. The first-order chi connectivity index (χ1) is 9.19. The third-order valence-corrected chi connectivity index (χ3v) is 3.59. The molecule has 0 radical (unpaired) electrons. The Bertz CT molecular complexity index is 358. The number of aromatic nitrogens is 1. The van der Waals surface area contributed by atoms with Crippen LogP contribution in [0.1, 0.15) is 11.3 Å². The Labute approximate surface area is 118 Å². The molecule has 19 heavy (non-hydrogen) atoms. The van der Waals surface area contributed by atoms with Crippen LogP contribution in [0.25, 0.3) is 0 Å². The maximum Gasteiger partial charge on any atom is 0.230 e. The highest BCUT2D eigenvalue weighted by Crippen LogP contribution is 2.29. The normalized spacial score (nSPS) is 10.7. The highest BCUT2D eigenvalue weighted by molar-refractivity contribution is 7.15. The van der Waals surface area contributed by atoms with Gasteiger partial charge in [0.15, 0.2) is 5.13 Å². The molecule has 0 bridgehead atoms. The van der Waals surface area contributed by atoms with E-state index in [1.54, 1.807) is 18.4 Å². The van der Waals surface area contributed by atoms with Gasteiger partial charge in [0.1, 0.15) is 0 Å².